The molecular weight excluding hydrogens is 192 g/mol. The summed E-state index contributed by atoms with van der Waals surface area (Å²) in [4.78, 5) is 22.3. The highest BCUT2D eigenvalue weighted by Gasteiger charge is 2.37. The fraction of sp³-hybridized carbons (Fsp3) is 0.833. The Morgan fingerprint density at radius 2 is 2.13 bits per heavy atom. The average Bonchev–Trinajstić information content (AvgIpc) is 2.17. The molecule has 0 aromatic heterocycles. The van der Waals surface area contributed by atoms with Gasteiger partial charge in [-0.2, -0.15) is 0 Å². The van der Waals surface area contributed by atoms with E-state index in [1.807, 2.05) is 0 Å². The van der Waals surface area contributed by atoms with Crippen LogP contribution in [0.3, 0.4) is 0 Å². The number of carboxylic acid groups (broad SMARTS) is 1. The predicted molar refractivity (Wildman–Crippen MR) is 55.4 cm³/mol. The first kappa shape index (κ1) is 10.7. The zero-order chi connectivity index (χ0) is 10.8. The van der Waals surface area contributed by atoms with Gasteiger partial charge in [-0.15, -0.1) is 0 Å². The van der Waals surface area contributed by atoms with E-state index in [1.165, 1.54) is 0 Å². The van der Waals surface area contributed by atoms with Crippen LogP contribution in [0, 0.1) is 17.8 Å². The fourth-order valence-electron chi connectivity index (χ4n) is 3.26. The van der Waals surface area contributed by atoms with Gasteiger partial charge in [0.1, 0.15) is 5.78 Å². The minimum Gasteiger partial charge on any atom is -0.481 e. The minimum absolute atomic E-state index is 0.267. The van der Waals surface area contributed by atoms with Crippen LogP contribution in [0.1, 0.15) is 44.9 Å². The van der Waals surface area contributed by atoms with Crippen LogP contribution in [0.25, 0.3) is 0 Å². The Kier molecular flexibility index (Phi) is 3.08. The summed E-state index contributed by atoms with van der Waals surface area (Å²) in [7, 11) is 0. The van der Waals surface area contributed by atoms with Crippen molar-refractivity contribution in [2.24, 2.45) is 17.8 Å². The third kappa shape index (κ3) is 2.39. The van der Waals surface area contributed by atoms with Crippen LogP contribution in [-0.4, -0.2) is 16.9 Å². The van der Waals surface area contributed by atoms with Crippen molar-refractivity contribution in [1.82, 2.24) is 0 Å². The van der Waals surface area contributed by atoms with Crippen molar-refractivity contribution < 1.29 is 14.7 Å². The van der Waals surface area contributed by atoms with E-state index in [4.69, 9.17) is 5.11 Å². The highest BCUT2D eigenvalue weighted by atomic mass is 16.4. The first-order valence-corrected chi connectivity index (χ1v) is 5.91. The van der Waals surface area contributed by atoms with Gasteiger partial charge >= 0.3 is 5.97 Å². The topological polar surface area (TPSA) is 54.4 Å². The molecule has 2 aliphatic rings. The predicted octanol–water partition coefficient (Wildman–Crippen LogP) is 2.25. The van der Waals surface area contributed by atoms with Crippen LogP contribution >= 0.6 is 0 Å². The van der Waals surface area contributed by atoms with E-state index in [9.17, 15) is 9.59 Å². The third-order valence-electron chi connectivity index (χ3n) is 3.97. The molecule has 0 spiro atoms. The van der Waals surface area contributed by atoms with Gasteiger partial charge in [-0.3, -0.25) is 9.59 Å². The largest absolute Gasteiger partial charge is 0.481 e. The van der Waals surface area contributed by atoms with E-state index in [1.54, 1.807) is 0 Å². The zero-order valence-corrected chi connectivity index (χ0v) is 8.95. The summed E-state index contributed by atoms with van der Waals surface area (Å²) in [6, 6.07) is 0. The highest BCUT2D eigenvalue weighted by Crippen LogP contribution is 2.41. The molecule has 3 unspecified atom stereocenters. The van der Waals surface area contributed by atoms with Gasteiger partial charge in [-0.05, 0) is 43.9 Å². The molecule has 2 rings (SSSR count). The molecule has 2 fully saturated rings. The quantitative estimate of drug-likeness (QED) is 0.760. The monoisotopic (exact) mass is 210 g/mol. The molecule has 0 heterocycles. The number of carbonyl (C=O) groups is 2. The number of carboxylic acids is 1. The number of hydrogen-bond acceptors (Lipinski definition) is 2. The summed E-state index contributed by atoms with van der Waals surface area (Å²) >= 11 is 0. The number of ketones is 1. The van der Waals surface area contributed by atoms with Crippen LogP contribution < -0.4 is 0 Å². The summed E-state index contributed by atoms with van der Waals surface area (Å²) < 4.78 is 0. The number of rotatable bonds is 2. The summed E-state index contributed by atoms with van der Waals surface area (Å²) in [5.41, 5.74) is 0. The van der Waals surface area contributed by atoms with Crippen molar-refractivity contribution in [3.05, 3.63) is 0 Å². The SMILES string of the molecule is O=C(O)CC1CCC2C(=O)CCCC2C1. The molecule has 2 aliphatic carbocycles. The van der Waals surface area contributed by atoms with Crippen LogP contribution in [0.15, 0.2) is 0 Å². The molecule has 3 nitrogen and oxygen atoms in total. The molecule has 0 aromatic carbocycles. The maximum Gasteiger partial charge on any atom is 0.303 e. The maximum absolute atomic E-state index is 11.6. The zero-order valence-electron chi connectivity index (χ0n) is 8.95. The number of carbonyl (C=O) groups excluding carboxylic acids is 1. The molecule has 2 saturated carbocycles. The van der Waals surface area contributed by atoms with Gasteiger partial charge in [-0.25, -0.2) is 0 Å². The van der Waals surface area contributed by atoms with Crippen LogP contribution in [0.4, 0.5) is 0 Å². The summed E-state index contributed by atoms with van der Waals surface area (Å²) in [6.45, 7) is 0. The fourth-order valence-corrected chi connectivity index (χ4v) is 3.26. The Morgan fingerprint density at radius 1 is 1.33 bits per heavy atom. The Bertz CT molecular complexity index is 272. The van der Waals surface area contributed by atoms with E-state index in [2.05, 4.69) is 0 Å². The van der Waals surface area contributed by atoms with Crippen LogP contribution in [0.5, 0.6) is 0 Å². The Morgan fingerprint density at radius 3 is 2.87 bits per heavy atom. The first-order chi connectivity index (χ1) is 7.16. The first-order valence-electron chi connectivity index (χ1n) is 5.91. The average molecular weight is 210 g/mol. The number of Topliss-reactive ketones (excluding diaryl/α,β-unsaturated/α-hetero) is 1. The maximum atomic E-state index is 11.6. The molecule has 0 amide bonds. The molecule has 0 bridgehead atoms. The lowest BCUT2D eigenvalue weighted by molar-refractivity contribution is -0.138. The van der Waals surface area contributed by atoms with Gasteiger partial charge < -0.3 is 5.11 Å². The molecule has 0 aliphatic heterocycles. The minimum atomic E-state index is -0.694. The van der Waals surface area contributed by atoms with Crippen molar-refractivity contribution in [1.29, 1.82) is 0 Å². The van der Waals surface area contributed by atoms with Gasteiger partial charge in [0, 0.05) is 18.8 Å². The summed E-state index contributed by atoms with van der Waals surface area (Å²) in [5.74, 6) is 0.809. The van der Waals surface area contributed by atoms with E-state index >= 15 is 0 Å². The number of aliphatic carboxylic acids is 1. The second-order valence-corrected chi connectivity index (χ2v) is 5.00. The number of hydrogen-bond donors (Lipinski definition) is 1. The van der Waals surface area contributed by atoms with Crippen molar-refractivity contribution in [2.75, 3.05) is 0 Å². The molecular formula is C12H18O3. The molecule has 3 heteroatoms. The standard InChI is InChI=1S/C12H18O3/c13-11-3-1-2-9-6-8(7-12(14)15)4-5-10(9)11/h8-10H,1-7H2,(H,14,15). The molecule has 0 saturated heterocycles. The second kappa shape index (κ2) is 4.33. The van der Waals surface area contributed by atoms with Gasteiger partial charge in [0.25, 0.3) is 0 Å². The van der Waals surface area contributed by atoms with E-state index in [-0.39, 0.29) is 12.3 Å². The lowest BCUT2D eigenvalue weighted by Crippen LogP contribution is -2.34. The van der Waals surface area contributed by atoms with Gasteiger partial charge in [0.15, 0.2) is 0 Å². The third-order valence-corrected chi connectivity index (χ3v) is 3.97. The van der Waals surface area contributed by atoms with Gasteiger partial charge in [0.05, 0.1) is 0 Å². The summed E-state index contributed by atoms with van der Waals surface area (Å²) in [6.07, 6.45) is 6.01. The lowest BCUT2D eigenvalue weighted by atomic mass is 9.66. The lowest BCUT2D eigenvalue weighted by Gasteiger charge is -2.37. The Balaban J connectivity index is 1.93. The second-order valence-electron chi connectivity index (χ2n) is 5.00. The smallest absolute Gasteiger partial charge is 0.303 e. The van der Waals surface area contributed by atoms with Crippen molar-refractivity contribution in [2.45, 2.75) is 44.9 Å². The highest BCUT2D eigenvalue weighted by molar-refractivity contribution is 5.82. The van der Waals surface area contributed by atoms with E-state index < -0.39 is 5.97 Å². The molecule has 15 heavy (non-hydrogen) atoms. The van der Waals surface area contributed by atoms with Crippen molar-refractivity contribution in [3.8, 4) is 0 Å². The Labute approximate surface area is 89.9 Å². The van der Waals surface area contributed by atoms with Crippen molar-refractivity contribution in [3.63, 3.8) is 0 Å². The van der Waals surface area contributed by atoms with Gasteiger partial charge in [0.2, 0.25) is 0 Å². The van der Waals surface area contributed by atoms with E-state index in [0.717, 1.165) is 38.5 Å². The van der Waals surface area contributed by atoms with Gasteiger partial charge in [-0.1, -0.05) is 0 Å². The Hall–Kier alpha value is -0.860. The van der Waals surface area contributed by atoms with E-state index in [0.29, 0.717) is 17.6 Å². The molecule has 84 valence electrons. The molecule has 3 atom stereocenters. The molecule has 0 radical (unpaired) electrons. The molecule has 1 N–H and O–H groups in total. The van der Waals surface area contributed by atoms with Crippen molar-refractivity contribution >= 4 is 11.8 Å². The van der Waals surface area contributed by atoms with Crippen LogP contribution in [0.2, 0.25) is 0 Å². The summed E-state index contributed by atoms with van der Waals surface area (Å²) in [5, 5.41) is 8.75. The number of fused-ring (bicyclic) bond motifs is 1. The van der Waals surface area contributed by atoms with Crippen LogP contribution in [-0.2, 0) is 9.59 Å². The normalized spacial score (nSPS) is 36.0. The molecule has 0 aromatic rings.